The number of carbonyl (C=O) groups is 1. The van der Waals surface area contributed by atoms with Gasteiger partial charge in [0.25, 0.3) is 5.91 Å². The van der Waals surface area contributed by atoms with Crippen LogP contribution in [0.15, 0.2) is 66.7 Å². The zero-order chi connectivity index (χ0) is 25.6. The van der Waals surface area contributed by atoms with E-state index >= 15 is 0 Å². The van der Waals surface area contributed by atoms with Crippen molar-refractivity contribution in [2.75, 3.05) is 45.4 Å². The smallest absolute Gasteiger partial charge is 0.258 e. The van der Waals surface area contributed by atoms with Crippen LogP contribution >= 0.6 is 0 Å². The molecule has 194 valence electrons. The summed E-state index contributed by atoms with van der Waals surface area (Å²) in [5.41, 5.74) is 3.67. The SMILES string of the molecule is COc1ccc(C2CCc3cccc(OC)c3N2C(=O)c2ccc(OCCN3CCCCC3)cc2)cc1. The van der Waals surface area contributed by atoms with E-state index in [0.717, 1.165) is 60.8 Å². The molecule has 0 bridgehead atoms. The lowest BCUT2D eigenvalue weighted by molar-refractivity contribution is 0.0971. The van der Waals surface area contributed by atoms with E-state index in [1.54, 1.807) is 14.2 Å². The summed E-state index contributed by atoms with van der Waals surface area (Å²) in [5.74, 6) is 2.25. The maximum Gasteiger partial charge on any atom is 0.258 e. The van der Waals surface area contributed by atoms with Crippen LogP contribution in [0.3, 0.4) is 0 Å². The lowest BCUT2D eigenvalue weighted by atomic mass is 9.90. The number of hydrogen-bond donors (Lipinski definition) is 0. The highest BCUT2D eigenvalue weighted by molar-refractivity contribution is 6.08. The number of benzene rings is 3. The highest BCUT2D eigenvalue weighted by atomic mass is 16.5. The maximum absolute atomic E-state index is 14.1. The topological polar surface area (TPSA) is 51.2 Å². The van der Waals surface area contributed by atoms with E-state index in [-0.39, 0.29) is 11.9 Å². The van der Waals surface area contributed by atoms with Crippen LogP contribution in [0.1, 0.15) is 53.2 Å². The first-order valence-electron chi connectivity index (χ1n) is 13.3. The number of fused-ring (bicyclic) bond motifs is 1. The largest absolute Gasteiger partial charge is 0.497 e. The van der Waals surface area contributed by atoms with E-state index < -0.39 is 0 Å². The van der Waals surface area contributed by atoms with Gasteiger partial charge in [-0.3, -0.25) is 14.6 Å². The molecule has 2 aliphatic heterocycles. The number of piperidine rings is 1. The molecule has 5 rings (SSSR count). The molecule has 1 fully saturated rings. The molecule has 0 spiro atoms. The lowest BCUT2D eigenvalue weighted by Gasteiger charge is -2.38. The molecule has 2 heterocycles. The predicted octanol–water partition coefficient (Wildman–Crippen LogP) is 5.90. The number of amides is 1. The molecule has 1 atom stereocenters. The summed E-state index contributed by atoms with van der Waals surface area (Å²) in [7, 11) is 3.32. The van der Waals surface area contributed by atoms with Gasteiger partial charge in [0, 0.05) is 12.1 Å². The van der Waals surface area contributed by atoms with Crippen molar-refractivity contribution in [1.29, 1.82) is 0 Å². The van der Waals surface area contributed by atoms with E-state index in [1.165, 1.54) is 19.3 Å². The Morgan fingerprint density at radius 2 is 1.59 bits per heavy atom. The van der Waals surface area contributed by atoms with Gasteiger partial charge in [0.05, 0.1) is 25.9 Å². The van der Waals surface area contributed by atoms with Crippen LogP contribution in [0.4, 0.5) is 5.69 Å². The van der Waals surface area contributed by atoms with Crippen LogP contribution < -0.4 is 19.1 Å². The molecule has 37 heavy (non-hydrogen) atoms. The number of methoxy groups -OCH3 is 2. The van der Waals surface area contributed by atoms with Gasteiger partial charge in [-0.25, -0.2) is 0 Å². The quantitative estimate of drug-likeness (QED) is 0.385. The fraction of sp³-hybridized carbons (Fsp3) is 0.387. The number of aryl methyl sites for hydroxylation is 1. The van der Waals surface area contributed by atoms with Gasteiger partial charge < -0.3 is 14.2 Å². The first-order chi connectivity index (χ1) is 18.2. The minimum Gasteiger partial charge on any atom is -0.497 e. The lowest BCUT2D eigenvalue weighted by Crippen LogP contribution is -2.38. The summed E-state index contributed by atoms with van der Waals surface area (Å²) in [4.78, 5) is 18.4. The second-order valence-corrected chi connectivity index (χ2v) is 9.75. The Morgan fingerprint density at radius 1 is 0.865 bits per heavy atom. The van der Waals surface area contributed by atoms with Crippen LogP contribution in [0.25, 0.3) is 0 Å². The van der Waals surface area contributed by atoms with Crippen LogP contribution in [0, 0.1) is 0 Å². The molecule has 0 N–H and O–H groups in total. The van der Waals surface area contributed by atoms with Gasteiger partial charge in [-0.1, -0.05) is 30.7 Å². The maximum atomic E-state index is 14.1. The average Bonchev–Trinajstić information content (AvgIpc) is 2.97. The first kappa shape index (κ1) is 25.2. The standard InChI is InChI=1S/C31H36N2O4/c1-35-26-14-9-23(10-15-26)28-18-13-24-7-6-8-29(36-2)30(24)33(28)31(34)25-11-16-27(17-12-25)37-22-21-32-19-4-3-5-20-32/h6-12,14-17,28H,3-5,13,18-22H2,1-2H3. The van der Waals surface area contributed by atoms with Gasteiger partial charge >= 0.3 is 0 Å². The van der Waals surface area contributed by atoms with Crippen molar-refractivity contribution in [3.8, 4) is 17.2 Å². The van der Waals surface area contributed by atoms with Crippen LogP contribution in [0.2, 0.25) is 0 Å². The van der Waals surface area contributed by atoms with Crippen LogP contribution in [-0.4, -0.2) is 51.3 Å². The number of anilines is 1. The zero-order valence-electron chi connectivity index (χ0n) is 21.8. The van der Waals surface area contributed by atoms with Crippen molar-refractivity contribution in [1.82, 2.24) is 4.90 Å². The Labute approximate surface area is 219 Å². The third-order valence-corrected chi connectivity index (χ3v) is 7.49. The molecule has 6 heteroatoms. The second-order valence-electron chi connectivity index (χ2n) is 9.75. The molecule has 3 aromatic rings. The normalized spacial score (nSPS) is 17.7. The first-order valence-corrected chi connectivity index (χ1v) is 13.3. The van der Waals surface area contributed by atoms with Gasteiger partial charge in [0.2, 0.25) is 0 Å². The van der Waals surface area contributed by atoms with E-state index in [1.807, 2.05) is 65.6 Å². The number of hydrogen-bond acceptors (Lipinski definition) is 5. The number of carbonyl (C=O) groups excluding carboxylic acids is 1. The summed E-state index contributed by atoms with van der Waals surface area (Å²) in [6.07, 6.45) is 5.59. The molecular formula is C31H36N2O4. The molecular weight excluding hydrogens is 464 g/mol. The Balaban J connectivity index is 1.38. The summed E-state index contributed by atoms with van der Waals surface area (Å²) >= 11 is 0. The zero-order valence-corrected chi connectivity index (χ0v) is 21.8. The second kappa shape index (κ2) is 11.7. The van der Waals surface area contributed by atoms with E-state index in [9.17, 15) is 4.79 Å². The minimum atomic E-state index is -0.109. The number of likely N-dealkylation sites (tertiary alicyclic amines) is 1. The van der Waals surface area contributed by atoms with Gasteiger partial charge in [0.15, 0.2) is 0 Å². The molecule has 6 nitrogen and oxygen atoms in total. The molecule has 0 radical (unpaired) electrons. The van der Waals surface area contributed by atoms with Gasteiger partial charge in [-0.2, -0.15) is 0 Å². The molecule has 0 aliphatic carbocycles. The van der Waals surface area contributed by atoms with Gasteiger partial charge in [-0.15, -0.1) is 0 Å². The summed E-state index contributed by atoms with van der Waals surface area (Å²) in [6, 6.07) is 21.4. The molecule has 1 amide bonds. The number of nitrogens with zero attached hydrogens (tertiary/aromatic N) is 2. The Bertz CT molecular complexity index is 1170. The average molecular weight is 501 g/mol. The number of ether oxygens (including phenoxy) is 3. The fourth-order valence-electron chi connectivity index (χ4n) is 5.48. The van der Waals surface area contributed by atoms with Gasteiger partial charge in [0.1, 0.15) is 23.9 Å². The number of para-hydroxylation sites is 1. The van der Waals surface area contributed by atoms with Crippen molar-refractivity contribution in [3.63, 3.8) is 0 Å². The van der Waals surface area contributed by atoms with Gasteiger partial charge in [-0.05, 0) is 92.4 Å². The predicted molar refractivity (Wildman–Crippen MR) is 146 cm³/mol. The Morgan fingerprint density at radius 3 is 2.30 bits per heavy atom. The third-order valence-electron chi connectivity index (χ3n) is 7.49. The molecule has 0 saturated carbocycles. The molecule has 1 unspecified atom stereocenters. The van der Waals surface area contributed by atoms with Crippen molar-refractivity contribution >= 4 is 11.6 Å². The number of rotatable bonds is 8. The van der Waals surface area contributed by atoms with Crippen molar-refractivity contribution in [2.45, 2.75) is 38.1 Å². The summed E-state index contributed by atoms with van der Waals surface area (Å²) < 4.78 is 17.1. The summed E-state index contributed by atoms with van der Waals surface area (Å²) in [6.45, 7) is 3.91. The Kier molecular flexibility index (Phi) is 7.95. The highest BCUT2D eigenvalue weighted by Gasteiger charge is 2.35. The van der Waals surface area contributed by atoms with E-state index in [2.05, 4.69) is 11.0 Å². The van der Waals surface area contributed by atoms with Crippen molar-refractivity contribution in [2.24, 2.45) is 0 Å². The van der Waals surface area contributed by atoms with Crippen molar-refractivity contribution < 1.29 is 19.0 Å². The summed E-state index contributed by atoms with van der Waals surface area (Å²) in [5, 5.41) is 0. The van der Waals surface area contributed by atoms with Crippen LogP contribution in [0.5, 0.6) is 17.2 Å². The monoisotopic (exact) mass is 500 g/mol. The van der Waals surface area contributed by atoms with E-state index in [4.69, 9.17) is 14.2 Å². The van der Waals surface area contributed by atoms with Crippen LogP contribution in [-0.2, 0) is 6.42 Å². The minimum absolute atomic E-state index is 0.0499. The molecule has 3 aromatic carbocycles. The highest BCUT2D eigenvalue weighted by Crippen LogP contribution is 2.44. The fourth-order valence-corrected chi connectivity index (χ4v) is 5.48. The Hall–Kier alpha value is -3.51. The third kappa shape index (κ3) is 5.59. The van der Waals surface area contributed by atoms with Crippen molar-refractivity contribution in [3.05, 3.63) is 83.4 Å². The molecule has 1 saturated heterocycles. The van der Waals surface area contributed by atoms with E-state index in [0.29, 0.717) is 17.9 Å². The molecule has 0 aromatic heterocycles. The molecule has 2 aliphatic rings.